The van der Waals surface area contributed by atoms with Crippen molar-refractivity contribution in [1.29, 1.82) is 0 Å². The molecule has 3 atom stereocenters. The molecule has 1 heterocycles. The van der Waals surface area contributed by atoms with Gasteiger partial charge in [-0.2, -0.15) is 0 Å². The van der Waals surface area contributed by atoms with Gasteiger partial charge in [0.1, 0.15) is 11.4 Å². The highest BCUT2D eigenvalue weighted by Gasteiger charge is 2.61. The molecule has 2 rings (SSSR count). The minimum absolute atomic E-state index is 0.0246. The van der Waals surface area contributed by atoms with Crippen molar-refractivity contribution in [2.45, 2.75) is 78.4 Å². The van der Waals surface area contributed by atoms with Crippen LogP contribution >= 0.6 is 0 Å². The summed E-state index contributed by atoms with van der Waals surface area (Å²) >= 11 is 0. The van der Waals surface area contributed by atoms with Gasteiger partial charge in [0.05, 0.1) is 6.04 Å². The molecule has 0 spiro atoms. The molecule has 1 aliphatic carbocycles. The normalized spacial score (nSPS) is 33.0. The zero-order valence-electron chi connectivity index (χ0n) is 14.1. The van der Waals surface area contributed by atoms with Crippen LogP contribution in [0, 0.1) is 11.3 Å². The fraction of sp³-hybridized carbons (Fsp3) is 0.882. The van der Waals surface area contributed by atoms with Crippen LogP contribution in [0.2, 0.25) is 0 Å². The summed E-state index contributed by atoms with van der Waals surface area (Å²) in [4.78, 5) is 26.9. The Morgan fingerprint density at radius 2 is 2.05 bits per heavy atom. The summed E-state index contributed by atoms with van der Waals surface area (Å²) in [5, 5.41) is 0. The maximum Gasteiger partial charge on any atom is 0.410 e. The standard InChI is InChI=1S/C17H29NO3/c1-6-10-17(5)13-12(14(17)19)9-7-8-11-18(13)15(20)21-16(2,3)4/h12-13H,6-11H2,1-5H3/t12-,13+,17?/m1/s1. The van der Waals surface area contributed by atoms with Crippen molar-refractivity contribution >= 4 is 11.9 Å². The molecule has 120 valence electrons. The fourth-order valence-corrected chi connectivity index (χ4v) is 4.01. The number of hydrogen-bond donors (Lipinski definition) is 0. The van der Waals surface area contributed by atoms with Crippen molar-refractivity contribution in [1.82, 2.24) is 4.90 Å². The van der Waals surface area contributed by atoms with E-state index in [0.717, 1.165) is 32.1 Å². The number of carbonyl (C=O) groups excluding carboxylic acids is 2. The number of likely N-dealkylation sites (tertiary alicyclic amines) is 1. The second-order valence-corrected chi connectivity index (χ2v) is 7.75. The predicted molar refractivity (Wildman–Crippen MR) is 82.1 cm³/mol. The second-order valence-electron chi connectivity index (χ2n) is 7.75. The third kappa shape index (κ3) is 2.95. The monoisotopic (exact) mass is 295 g/mol. The summed E-state index contributed by atoms with van der Waals surface area (Å²) in [5.41, 5.74) is -0.867. The van der Waals surface area contributed by atoms with Gasteiger partial charge >= 0.3 is 6.09 Å². The topological polar surface area (TPSA) is 46.6 Å². The van der Waals surface area contributed by atoms with Crippen LogP contribution in [0.1, 0.15) is 66.7 Å². The molecule has 2 aliphatic rings. The Hall–Kier alpha value is -1.06. The zero-order valence-corrected chi connectivity index (χ0v) is 14.1. The number of amides is 1. The molecule has 21 heavy (non-hydrogen) atoms. The first kappa shape index (κ1) is 16.3. The Morgan fingerprint density at radius 1 is 1.38 bits per heavy atom. The van der Waals surface area contributed by atoms with Gasteiger partial charge in [0.2, 0.25) is 0 Å². The first-order valence-corrected chi connectivity index (χ1v) is 8.24. The van der Waals surface area contributed by atoms with Gasteiger partial charge in [-0.3, -0.25) is 4.79 Å². The van der Waals surface area contributed by atoms with E-state index in [1.165, 1.54) is 0 Å². The van der Waals surface area contributed by atoms with Crippen molar-refractivity contribution in [2.24, 2.45) is 11.3 Å². The number of carbonyl (C=O) groups is 2. The highest BCUT2D eigenvalue weighted by molar-refractivity contribution is 5.96. The number of fused-ring (bicyclic) bond motifs is 1. The van der Waals surface area contributed by atoms with Crippen LogP contribution in [-0.4, -0.2) is 35.0 Å². The van der Waals surface area contributed by atoms with Gasteiger partial charge < -0.3 is 9.64 Å². The minimum atomic E-state index is -0.492. The summed E-state index contributed by atoms with van der Waals surface area (Å²) < 4.78 is 5.57. The summed E-state index contributed by atoms with van der Waals surface area (Å²) in [7, 11) is 0. The van der Waals surface area contributed by atoms with E-state index in [2.05, 4.69) is 6.92 Å². The van der Waals surface area contributed by atoms with Crippen LogP contribution in [0.15, 0.2) is 0 Å². The van der Waals surface area contributed by atoms with Gasteiger partial charge in [-0.05, 0) is 40.0 Å². The molecule has 0 aromatic rings. The van der Waals surface area contributed by atoms with E-state index in [4.69, 9.17) is 4.74 Å². The Morgan fingerprint density at radius 3 is 2.62 bits per heavy atom. The zero-order chi connectivity index (χ0) is 15.8. The van der Waals surface area contributed by atoms with Gasteiger partial charge in [-0.25, -0.2) is 4.79 Å². The molecule has 2 fully saturated rings. The summed E-state index contributed by atoms with van der Waals surface area (Å²) in [6, 6.07) is 0.0299. The maximum atomic E-state index is 12.5. The van der Waals surface area contributed by atoms with Gasteiger partial charge in [0.15, 0.2) is 0 Å². The number of nitrogens with zero attached hydrogens (tertiary/aromatic N) is 1. The molecule has 1 saturated carbocycles. The first-order valence-electron chi connectivity index (χ1n) is 8.24. The highest BCUT2D eigenvalue weighted by atomic mass is 16.6. The van der Waals surface area contributed by atoms with Crippen LogP contribution in [0.4, 0.5) is 4.79 Å². The SMILES string of the molecule is CCCC1(C)C(=O)[C@@H]2CCCCN(C(=O)OC(C)(C)C)[C@@H]21. The fourth-order valence-electron chi connectivity index (χ4n) is 4.01. The van der Waals surface area contributed by atoms with Crippen molar-refractivity contribution in [3.8, 4) is 0 Å². The van der Waals surface area contributed by atoms with Crippen molar-refractivity contribution < 1.29 is 14.3 Å². The smallest absolute Gasteiger partial charge is 0.410 e. The molecule has 0 aromatic carbocycles. The van der Waals surface area contributed by atoms with Crippen molar-refractivity contribution in [2.75, 3.05) is 6.54 Å². The predicted octanol–water partition coefficient (Wildman–Crippen LogP) is 3.78. The Bertz CT molecular complexity index is 426. The molecular formula is C17H29NO3. The lowest BCUT2D eigenvalue weighted by Gasteiger charge is -2.55. The average Bonchev–Trinajstić information content (AvgIpc) is 2.57. The van der Waals surface area contributed by atoms with E-state index in [9.17, 15) is 9.59 Å². The van der Waals surface area contributed by atoms with E-state index in [0.29, 0.717) is 12.3 Å². The third-order valence-electron chi connectivity index (χ3n) is 4.83. The lowest BCUT2D eigenvalue weighted by Crippen LogP contribution is -2.67. The van der Waals surface area contributed by atoms with E-state index in [-0.39, 0.29) is 23.5 Å². The summed E-state index contributed by atoms with van der Waals surface area (Å²) in [6.45, 7) is 10.5. The number of Topliss-reactive ketones (excluding diaryl/α,β-unsaturated/α-hetero) is 1. The molecular weight excluding hydrogens is 266 g/mol. The molecule has 1 unspecified atom stereocenters. The first-order chi connectivity index (χ1) is 9.70. The van der Waals surface area contributed by atoms with Crippen molar-refractivity contribution in [3.63, 3.8) is 0 Å². The Labute approximate surface area is 128 Å². The molecule has 0 N–H and O–H groups in total. The number of ketones is 1. The maximum absolute atomic E-state index is 12.5. The third-order valence-corrected chi connectivity index (χ3v) is 4.83. The second kappa shape index (κ2) is 5.62. The molecule has 1 saturated heterocycles. The summed E-state index contributed by atoms with van der Waals surface area (Å²) in [5.74, 6) is 0.376. The molecule has 4 nitrogen and oxygen atoms in total. The van der Waals surface area contributed by atoms with Crippen LogP contribution < -0.4 is 0 Å². The molecule has 0 radical (unpaired) electrons. The van der Waals surface area contributed by atoms with E-state index < -0.39 is 5.60 Å². The van der Waals surface area contributed by atoms with Gasteiger partial charge in [0, 0.05) is 17.9 Å². The van der Waals surface area contributed by atoms with Gasteiger partial charge in [0.25, 0.3) is 0 Å². The molecule has 1 aliphatic heterocycles. The lowest BCUT2D eigenvalue weighted by molar-refractivity contribution is -0.158. The van der Waals surface area contributed by atoms with Gasteiger partial charge in [-0.15, -0.1) is 0 Å². The van der Waals surface area contributed by atoms with Crippen LogP contribution in [-0.2, 0) is 9.53 Å². The Balaban J connectivity index is 2.23. The number of hydrogen-bond acceptors (Lipinski definition) is 3. The van der Waals surface area contributed by atoms with Crippen molar-refractivity contribution in [3.05, 3.63) is 0 Å². The average molecular weight is 295 g/mol. The molecule has 1 amide bonds. The Kier molecular flexibility index (Phi) is 4.36. The van der Waals surface area contributed by atoms with E-state index >= 15 is 0 Å². The van der Waals surface area contributed by atoms with E-state index in [1.54, 1.807) is 0 Å². The largest absolute Gasteiger partial charge is 0.444 e. The quantitative estimate of drug-likeness (QED) is 0.779. The number of ether oxygens (including phenoxy) is 1. The number of rotatable bonds is 2. The van der Waals surface area contributed by atoms with Crippen LogP contribution in [0.5, 0.6) is 0 Å². The molecule has 4 heteroatoms. The molecule has 0 aromatic heterocycles. The lowest BCUT2D eigenvalue weighted by atomic mass is 9.54. The van der Waals surface area contributed by atoms with Gasteiger partial charge in [-0.1, -0.05) is 26.7 Å². The van der Waals surface area contributed by atoms with E-state index in [1.807, 2.05) is 32.6 Å². The van der Waals surface area contributed by atoms with Crippen LogP contribution in [0.25, 0.3) is 0 Å². The molecule has 0 bridgehead atoms. The summed E-state index contributed by atoms with van der Waals surface area (Å²) in [6.07, 6.45) is 4.47. The minimum Gasteiger partial charge on any atom is -0.444 e. The highest BCUT2D eigenvalue weighted by Crippen LogP contribution is 2.51. The van der Waals surface area contributed by atoms with Crippen LogP contribution in [0.3, 0.4) is 0 Å².